The van der Waals surface area contributed by atoms with Gasteiger partial charge in [0.25, 0.3) is 0 Å². The number of nitrogens with zero attached hydrogens (tertiary/aromatic N) is 3. The predicted octanol–water partition coefficient (Wildman–Crippen LogP) is 2.14. The van der Waals surface area contributed by atoms with Gasteiger partial charge in [0, 0.05) is 38.3 Å². The van der Waals surface area contributed by atoms with E-state index in [2.05, 4.69) is 28.1 Å². The number of carbonyl (C=O) groups is 1. The summed E-state index contributed by atoms with van der Waals surface area (Å²) in [5.41, 5.74) is 0.589. The smallest absolute Gasteiger partial charge is 0.234 e. The first-order chi connectivity index (χ1) is 15.1. The molecule has 1 aromatic rings. The van der Waals surface area contributed by atoms with Crippen LogP contribution in [0, 0.1) is 11.3 Å². The van der Waals surface area contributed by atoms with Gasteiger partial charge in [0.2, 0.25) is 5.91 Å². The molecule has 1 aromatic carbocycles. The van der Waals surface area contributed by atoms with Gasteiger partial charge >= 0.3 is 0 Å². The van der Waals surface area contributed by atoms with E-state index in [4.69, 9.17) is 10.00 Å². The Morgan fingerprint density at radius 3 is 2.58 bits per heavy atom. The van der Waals surface area contributed by atoms with Crippen molar-refractivity contribution in [1.82, 2.24) is 15.1 Å². The van der Waals surface area contributed by atoms with Crippen LogP contribution < -0.4 is 10.1 Å². The molecule has 3 rings (SSSR count). The maximum Gasteiger partial charge on any atom is 0.234 e. The molecule has 1 amide bonds. The van der Waals surface area contributed by atoms with E-state index in [1.165, 1.54) is 19.3 Å². The average molecular weight is 429 g/mol. The Bertz CT molecular complexity index is 719. The molecule has 2 aliphatic rings. The molecule has 31 heavy (non-hydrogen) atoms. The quantitative estimate of drug-likeness (QED) is 0.496. The molecule has 170 valence electrons. The fraction of sp³-hybridized carbons (Fsp3) is 0.667. The standard InChI is InChI=1S/C24H36N4O3/c1-2-3-4-5-12-26-24(30)17-28-20-8-9-21(28)15-27(14-20)16-22(29)18-31-23-10-6-19(13-25)7-11-23/h6-7,10-11,20-22,29H,2-5,8-9,12,14-18H2,1H3,(H,26,30). The molecular weight excluding hydrogens is 392 g/mol. The summed E-state index contributed by atoms with van der Waals surface area (Å²) in [5.74, 6) is 0.793. The van der Waals surface area contributed by atoms with Crippen LogP contribution in [0.4, 0.5) is 0 Å². The molecule has 0 aliphatic carbocycles. The van der Waals surface area contributed by atoms with Gasteiger partial charge in [-0.15, -0.1) is 0 Å². The Labute approximate surface area is 186 Å². The first-order valence-electron chi connectivity index (χ1n) is 11.6. The van der Waals surface area contributed by atoms with E-state index in [-0.39, 0.29) is 12.5 Å². The summed E-state index contributed by atoms with van der Waals surface area (Å²) in [5, 5.41) is 22.3. The van der Waals surface area contributed by atoms with Gasteiger partial charge in [-0.05, 0) is 43.5 Å². The number of ether oxygens (including phenoxy) is 1. The number of nitriles is 1. The Hall–Kier alpha value is -2.14. The van der Waals surface area contributed by atoms with Crippen molar-refractivity contribution in [2.24, 2.45) is 0 Å². The van der Waals surface area contributed by atoms with Gasteiger partial charge in [-0.2, -0.15) is 5.26 Å². The van der Waals surface area contributed by atoms with Crippen LogP contribution >= 0.6 is 0 Å². The maximum absolute atomic E-state index is 12.3. The number of aliphatic hydroxyl groups excluding tert-OH is 1. The van der Waals surface area contributed by atoms with Crippen molar-refractivity contribution >= 4 is 5.91 Å². The average Bonchev–Trinajstić information content (AvgIpc) is 3.00. The van der Waals surface area contributed by atoms with Crippen LogP contribution in [0.3, 0.4) is 0 Å². The van der Waals surface area contributed by atoms with E-state index in [1.807, 2.05) is 0 Å². The van der Waals surface area contributed by atoms with E-state index in [0.29, 0.717) is 36.5 Å². The zero-order valence-corrected chi connectivity index (χ0v) is 18.6. The molecule has 2 aliphatic heterocycles. The number of amides is 1. The van der Waals surface area contributed by atoms with Crippen LogP contribution in [0.2, 0.25) is 0 Å². The van der Waals surface area contributed by atoms with Crippen LogP contribution in [0.15, 0.2) is 24.3 Å². The van der Waals surface area contributed by atoms with Crippen LogP contribution in [-0.4, -0.2) is 78.3 Å². The number of hydrogen-bond donors (Lipinski definition) is 2. The van der Waals surface area contributed by atoms with Crippen molar-refractivity contribution in [3.05, 3.63) is 29.8 Å². The summed E-state index contributed by atoms with van der Waals surface area (Å²) in [6.07, 6.45) is 6.32. The second-order valence-corrected chi connectivity index (χ2v) is 8.79. The summed E-state index contributed by atoms with van der Waals surface area (Å²) in [4.78, 5) is 17.0. The van der Waals surface area contributed by atoms with Crippen LogP contribution in [0.5, 0.6) is 5.75 Å². The first kappa shape index (κ1) is 23.5. The van der Waals surface area contributed by atoms with E-state index in [1.54, 1.807) is 24.3 Å². The molecule has 2 saturated heterocycles. The first-order valence-corrected chi connectivity index (χ1v) is 11.6. The lowest BCUT2D eigenvalue weighted by atomic mass is 10.1. The molecule has 3 unspecified atom stereocenters. The molecule has 2 N–H and O–H groups in total. The number of likely N-dealkylation sites (tertiary alicyclic amines) is 1. The van der Waals surface area contributed by atoms with Crippen molar-refractivity contribution in [3.8, 4) is 11.8 Å². The normalized spacial score (nSPS) is 22.1. The van der Waals surface area contributed by atoms with Crippen molar-refractivity contribution < 1.29 is 14.6 Å². The summed E-state index contributed by atoms with van der Waals surface area (Å²) in [6, 6.07) is 9.76. The second-order valence-electron chi connectivity index (χ2n) is 8.79. The molecule has 0 spiro atoms. The van der Waals surface area contributed by atoms with E-state index in [0.717, 1.165) is 38.9 Å². The molecule has 2 fully saturated rings. The number of nitrogens with one attached hydrogen (secondary N) is 1. The van der Waals surface area contributed by atoms with Crippen molar-refractivity contribution in [2.75, 3.05) is 39.3 Å². The lowest BCUT2D eigenvalue weighted by Crippen LogP contribution is -2.57. The number of carbonyl (C=O) groups excluding carboxylic acids is 1. The van der Waals surface area contributed by atoms with E-state index < -0.39 is 6.10 Å². The highest BCUT2D eigenvalue weighted by molar-refractivity contribution is 5.78. The number of piperazine rings is 1. The van der Waals surface area contributed by atoms with Gasteiger partial charge in [0.05, 0.1) is 18.2 Å². The van der Waals surface area contributed by atoms with Gasteiger partial charge < -0.3 is 15.2 Å². The third-order valence-electron chi connectivity index (χ3n) is 6.28. The highest BCUT2D eigenvalue weighted by atomic mass is 16.5. The highest BCUT2D eigenvalue weighted by Crippen LogP contribution is 2.29. The van der Waals surface area contributed by atoms with Gasteiger partial charge in [-0.25, -0.2) is 0 Å². The number of β-amino-alcohol motifs (C(OH)–C–C–N with tert-alkyl or cyclic N) is 1. The number of fused-ring (bicyclic) bond motifs is 2. The summed E-state index contributed by atoms with van der Waals surface area (Å²) in [6.45, 7) is 6.02. The largest absolute Gasteiger partial charge is 0.491 e. The topological polar surface area (TPSA) is 88.8 Å². The number of unbranched alkanes of at least 4 members (excludes halogenated alkanes) is 3. The van der Waals surface area contributed by atoms with Crippen LogP contribution in [-0.2, 0) is 4.79 Å². The summed E-state index contributed by atoms with van der Waals surface area (Å²) in [7, 11) is 0. The molecule has 0 aromatic heterocycles. The van der Waals surface area contributed by atoms with E-state index >= 15 is 0 Å². The third kappa shape index (κ3) is 7.20. The van der Waals surface area contributed by atoms with Crippen molar-refractivity contribution in [2.45, 2.75) is 63.6 Å². The molecule has 7 heteroatoms. The Morgan fingerprint density at radius 1 is 1.23 bits per heavy atom. The Kier molecular flexibility index (Phi) is 9.13. The molecule has 2 heterocycles. The minimum Gasteiger partial charge on any atom is -0.491 e. The van der Waals surface area contributed by atoms with Gasteiger partial charge in [0.15, 0.2) is 0 Å². The van der Waals surface area contributed by atoms with Crippen LogP contribution in [0.1, 0.15) is 51.0 Å². The SMILES string of the molecule is CCCCCCNC(=O)CN1C2CCC1CN(CC(O)COc1ccc(C#N)cc1)C2. The molecular formula is C24H36N4O3. The molecule has 0 saturated carbocycles. The van der Waals surface area contributed by atoms with Gasteiger partial charge in [-0.1, -0.05) is 26.2 Å². The lowest BCUT2D eigenvalue weighted by Gasteiger charge is -2.41. The van der Waals surface area contributed by atoms with Crippen molar-refractivity contribution in [1.29, 1.82) is 5.26 Å². The monoisotopic (exact) mass is 428 g/mol. The third-order valence-corrected chi connectivity index (χ3v) is 6.28. The maximum atomic E-state index is 12.3. The molecule has 3 atom stereocenters. The second kappa shape index (κ2) is 12.0. The number of rotatable bonds is 12. The molecule has 0 radical (unpaired) electrons. The number of hydrogen-bond acceptors (Lipinski definition) is 6. The minimum absolute atomic E-state index is 0.137. The van der Waals surface area contributed by atoms with E-state index in [9.17, 15) is 9.90 Å². The number of benzene rings is 1. The number of aliphatic hydroxyl groups is 1. The van der Waals surface area contributed by atoms with Gasteiger partial charge in [-0.3, -0.25) is 14.6 Å². The summed E-state index contributed by atoms with van der Waals surface area (Å²) < 4.78 is 5.66. The Morgan fingerprint density at radius 2 is 1.94 bits per heavy atom. The fourth-order valence-corrected chi connectivity index (χ4v) is 4.65. The molecule has 2 bridgehead atoms. The highest BCUT2D eigenvalue weighted by Gasteiger charge is 2.40. The minimum atomic E-state index is -0.576. The zero-order valence-electron chi connectivity index (χ0n) is 18.6. The zero-order chi connectivity index (χ0) is 22.1. The predicted molar refractivity (Wildman–Crippen MR) is 120 cm³/mol. The fourth-order valence-electron chi connectivity index (χ4n) is 4.65. The lowest BCUT2D eigenvalue weighted by molar-refractivity contribution is -0.123. The summed E-state index contributed by atoms with van der Waals surface area (Å²) >= 11 is 0. The van der Waals surface area contributed by atoms with Crippen molar-refractivity contribution in [3.63, 3.8) is 0 Å². The van der Waals surface area contributed by atoms with Crippen LogP contribution in [0.25, 0.3) is 0 Å². The van der Waals surface area contributed by atoms with Gasteiger partial charge in [0.1, 0.15) is 18.5 Å². The Balaban J connectivity index is 1.37. The molecule has 7 nitrogen and oxygen atoms in total.